The van der Waals surface area contributed by atoms with Crippen molar-refractivity contribution in [1.29, 1.82) is 0 Å². The molecule has 1 atom stereocenters. The molecule has 0 aromatic heterocycles. The lowest BCUT2D eigenvalue weighted by Crippen LogP contribution is -2.28. The maximum Gasteiger partial charge on any atom is 0.306 e. The topological polar surface area (TPSA) is 72.8 Å². The van der Waals surface area contributed by atoms with Crippen LogP contribution in [0.4, 0.5) is 0 Å². The van der Waals surface area contributed by atoms with Crippen LogP contribution in [0, 0.1) is 0 Å². The van der Waals surface area contributed by atoms with Gasteiger partial charge >= 0.3 is 11.9 Å². The van der Waals surface area contributed by atoms with Gasteiger partial charge in [-0.1, -0.05) is 227 Å². The number of carbonyl (C=O) groups is 2. The minimum absolute atomic E-state index is 0.0713. The Labute approximate surface area is 370 Å². The Morgan fingerprint density at radius 2 is 0.717 bits per heavy atom. The van der Waals surface area contributed by atoms with E-state index >= 15 is 0 Å². The molecule has 0 aliphatic rings. The van der Waals surface area contributed by atoms with Gasteiger partial charge in [-0.15, -0.1) is 0 Å². The van der Waals surface area contributed by atoms with E-state index in [4.69, 9.17) is 9.47 Å². The summed E-state index contributed by atoms with van der Waals surface area (Å²) < 4.78 is 10.6. The molecule has 0 heterocycles. The van der Waals surface area contributed by atoms with Crippen LogP contribution < -0.4 is 0 Å². The molecule has 1 N–H and O–H groups in total. The quantitative estimate of drug-likeness (QED) is 0.0376. The Balaban J connectivity index is 3.59. The smallest absolute Gasteiger partial charge is 0.306 e. The number of aliphatic hydroxyl groups is 1. The first kappa shape index (κ1) is 56.8. The lowest BCUT2D eigenvalue weighted by molar-refractivity contribution is -0.161. The zero-order valence-corrected chi connectivity index (χ0v) is 38.9. The van der Waals surface area contributed by atoms with E-state index in [1.807, 2.05) is 0 Å². The SMILES string of the molecule is CC/C=C\C/C=C\C/C=C\C/C=C\C/C=C\C/C=C\C/C=C\C/C=C\CCCCCCCCCCC(=O)OC(CO)COC(=O)CCCCCCCCCCCCCCC. The standard InChI is InChI=1S/C55H92O5/c1-3-5-7-9-11-13-15-17-18-19-20-21-22-23-24-25-26-27-28-29-30-31-32-33-34-35-36-38-40-42-44-46-48-50-55(58)60-53(51-56)52-59-54(57)49-47-45-43-41-39-37-16-14-12-10-8-6-4-2/h5,7,11,13,17-18,20-21,23-24,26-27,29-30,32-33,53,56H,3-4,6,8-10,12,14-16,19,22,25,28,31,34-52H2,1-2H3/b7-5-,13-11-,18-17-,21-20-,24-23-,27-26-,30-29-,33-32-. The molecule has 0 radical (unpaired) electrons. The summed E-state index contributed by atoms with van der Waals surface area (Å²) in [7, 11) is 0. The van der Waals surface area contributed by atoms with Crippen LogP contribution in [-0.2, 0) is 19.1 Å². The molecule has 0 rings (SSSR count). The Kier molecular flexibility index (Phi) is 47.5. The molecule has 1 unspecified atom stereocenters. The highest BCUT2D eigenvalue weighted by atomic mass is 16.6. The molecule has 0 amide bonds. The summed E-state index contributed by atoms with van der Waals surface area (Å²) in [6, 6.07) is 0. The molecule has 0 saturated heterocycles. The van der Waals surface area contributed by atoms with Crippen molar-refractivity contribution >= 4 is 11.9 Å². The number of esters is 2. The molecule has 0 spiro atoms. The molecular formula is C55H92O5. The fraction of sp³-hybridized carbons (Fsp3) is 0.673. The highest BCUT2D eigenvalue weighted by Crippen LogP contribution is 2.14. The first-order chi connectivity index (χ1) is 29.6. The number of rotatable bonds is 44. The number of aliphatic hydroxyl groups excluding tert-OH is 1. The van der Waals surface area contributed by atoms with Crippen LogP contribution in [0.5, 0.6) is 0 Å². The number of carbonyl (C=O) groups excluding carboxylic acids is 2. The molecule has 0 bridgehead atoms. The van der Waals surface area contributed by atoms with Gasteiger partial charge in [0.25, 0.3) is 0 Å². The van der Waals surface area contributed by atoms with E-state index in [9.17, 15) is 14.7 Å². The Hall–Kier alpha value is -3.18. The van der Waals surface area contributed by atoms with Crippen LogP contribution in [0.1, 0.15) is 219 Å². The highest BCUT2D eigenvalue weighted by Gasteiger charge is 2.16. The number of unbranched alkanes of at least 4 members (excludes halogenated alkanes) is 20. The maximum absolute atomic E-state index is 12.2. The van der Waals surface area contributed by atoms with E-state index in [1.54, 1.807) is 0 Å². The predicted octanol–water partition coefficient (Wildman–Crippen LogP) is 16.4. The van der Waals surface area contributed by atoms with Crippen LogP contribution in [0.15, 0.2) is 97.2 Å². The van der Waals surface area contributed by atoms with Gasteiger partial charge in [-0.05, 0) is 77.0 Å². The summed E-state index contributed by atoms with van der Waals surface area (Å²) in [6.07, 6.45) is 70.7. The summed E-state index contributed by atoms with van der Waals surface area (Å²) in [5.74, 6) is -0.601. The third-order valence-electron chi connectivity index (χ3n) is 10.4. The molecule has 0 aliphatic carbocycles. The van der Waals surface area contributed by atoms with Gasteiger partial charge in [0.05, 0.1) is 6.61 Å². The van der Waals surface area contributed by atoms with Gasteiger partial charge in [0.1, 0.15) is 6.61 Å². The van der Waals surface area contributed by atoms with Crippen molar-refractivity contribution < 1.29 is 24.2 Å². The van der Waals surface area contributed by atoms with E-state index in [0.29, 0.717) is 12.8 Å². The van der Waals surface area contributed by atoms with Crippen molar-refractivity contribution in [3.63, 3.8) is 0 Å². The van der Waals surface area contributed by atoms with Gasteiger partial charge < -0.3 is 14.6 Å². The van der Waals surface area contributed by atoms with E-state index in [2.05, 4.69) is 111 Å². The fourth-order valence-corrected chi connectivity index (χ4v) is 6.69. The molecule has 5 nitrogen and oxygen atoms in total. The Morgan fingerprint density at radius 3 is 1.08 bits per heavy atom. The van der Waals surface area contributed by atoms with Crippen LogP contribution >= 0.6 is 0 Å². The predicted molar refractivity (Wildman–Crippen MR) is 260 cm³/mol. The highest BCUT2D eigenvalue weighted by molar-refractivity contribution is 5.70. The van der Waals surface area contributed by atoms with Crippen LogP contribution in [-0.4, -0.2) is 36.4 Å². The molecule has 0 saturated carbocycles. The first-order valence-corrected chi connectivity index (χ1v) is 24.8. The largest absolute Gasteiger partial charge is 0.462 e. The average molecular weight is 833 g/mol. The van der Waals surface area contributed by atoms with Crippen molar-refractivity contribution in [3.05, 3.63) is 97.2 Å². The maximum atomic E-state index is 12.2. The van der Waals surface area contributed by atoms with Crippen LogP contribution in [0.2, 0.25) is 0 Å². The van der Waals surface area contributed by atoms with E-state index < -0.39 is 6.10 Å². The van der Waals surface area contributed by atoms with E-state index in [-0.39, 0.29) is 25.2 Å². The summed E-state index contributed by atoms with van der Waals surface area (Å²) in [5, 5.41) is 9.60. The zero-order chi connectivity index (χ0) is 43.5. The van der Waals surface area contributed by atoms with Crippen molar-refractivity contribution in [2.45, 2.75) is 225 Å². The average Bonchev–Trinajstić information content (AvgIpc) is 3.25. The molecule has 0 fully saturated rings. The van der Waals surface area contributed by atoms with Gasteiger partial charge in [0.2, 0.25) is 0 Å². The molecular weight excluding hydrogens is 741 g/mol. The van der Waals surface area contributed by atoms with E-state index in [0.717, 1.165) is 96.3 Å². The zero-order valence-electron chi connectivity index (χ0n) is 38.9. The summed E-state index contributed by atoms with van der Waals surface area (Å²) in [4.78, 5) is 24.4. The second-order valence-corrected chi connectivity index (χ2v) is 16.2. The molecule has 0 aromatic rings. The number of ether oxygens (including phenoxy) is 2. The van der Waals surface area contributed by atoms with Gasteiger partial charge in [-0.2, -0.15) is 0 Å². The number of allylic oxidation sites excluding steroid dienone is 16. The minimum Gasteiger partial charge on any atom is -0.462 e. The lowest BCUT2D eigenvalue weighted by Gasteiger charge is -2.15. The number of hydrogen-bond donors (Lipinski definition) is 1. The lowest BCUT2D eigenvalue weighted by atomic mass is 10.0. The van der Waals surface area contributed by atoms with E-state index in [1.165, 1.54) is 96.3 Å². The van der Waals surface area contributed by atoms with Crippen molar-refractivity contribution in [1.82, 2.24) is 0 Å². The van der Waals surface area contributed by atoms with Crippen LogP contribution in [0.25, 0.3) is 0 Å². The minimum atomic E-state index is -0.779. The monoisotopic (exact) mass is 833 g/mol. The molecule has 342 valence electrons. The summed E-state index contributed by atoms with van der Waals surface area (Å²) in [5.41, 5.74) is 0. The first-order valence-electron chi connectivity index (χ1n) is 24.8. The van der Waals surface area contributed by atoms with Crippen molar-refractivity contribution in [2.24, 2.45) is 0 Å². The molecule has 60 heavy (non-hydrogen) atoms. The molecule has 5 heteroatoms. The van der Waals surface area contributed by atoms with Gasteiger partial charge in [-0.3, -0.25) is 9.59 Å². The van der Waals surface area contributed by atoms with Gasteiger partial charge in [0.15, 0.2) is 6.10 Å². The normalized spacial score (nSPS) is 13.1. The Bertz CT molecular complexity index is 1170. The van der Waals surface area contributed by atoms with Gasteiger partial charge in [0, 0.05) is 12.8 Å². The third kappa shape index (κ3) is 47.5. The van der Waals surface area contributed by atoms with Crippen molar-refractivity contribution in [2.75, 3.05) is 13.2 Å². The second-order valence-electron chi connectivity index (χ2n) is 16.2. The third-order valence-corrected chi connectivity index (χ3v) is 10.4. The van der Waals surface area contributed by atoms with Crippen molar-refractivity contribution in [3.8, 4) is 0 Å². The molecule has 0 aromatic carbocycles. The molecule has 0 aliphatic heterocycles. The van der Waals surface area contributed by atoms with Crippen LogP contribution in [0.3, 0.4) is 0 Å². The number of hydrogen-bond acceptors (Lipinski definition) is 5. The fourth-order valence-electron chi connectivity index (χ4n) is 6.69. The summed E-state index contributed by atoms with van der Waals surface area (Å²) in [6.45, 7) is 4.02. The Morgan fingerprint density at radius 1 is 0.400 bits per heavy atom. The second kappa shape index (κ2) is 50.2. The van der Waals surface area contributed by atoms with Gasteiger partial charge in [-0.25, -0.2) is 0 Å². The summed E-state index contributed by atoms with van der Waals surface area (Å²) >= 11 is 0.